The van der Waals surface area contributed by atoms with Crippen LogP contribution in [0.4, 0.5) is 24.8 Å². The number of anilines is 1. The van der Waals surface area contributed by atoms with E-state index in [1.54, 1.807) is 0 Å². The minimum atomic E-state index is -4.54. The molecule has 1 aromatic heterocycles. The fourth-order valence-electron chi connectivity index (χ4n) is 1.65. The second-order valence-corrected chi connectivity index (χ2v) is 3.88. The quantitative estimate of drug-likeness (QED) is 0.643. The molecule has 10 heteroatoms. The maximum Gasteiger partial charge on any atom is 0.406 e. The largest absolute Gasteiger partial charge is 0.406 e. The molecule has 1 heterocycles. The third-order valence-electron chi connectivity index (χ3n) is 2.48. The Morgan fingerprint density at radius 1 is 1.53 bits per heavy atom. The zero-order chi connectivity index (χ0) is 14.8. The van der Waals surface area contributed by atoms with Crippen LogP contribution in [0.3, 0.4) is 0 Å². The van der Waals surface area contributed by atoms with Gasteiger partial charge in [-0.3, -0.25) is 4.57 Å². The van der Waals surface area contributed by atoms with E-state index in [2.05, 4.69) is 4.98 Å². The number of imidazole rings is 1. The molecule has 7 nitrogen and oxygen atoms in total. The number of rotatable bonds is 5. The summed E-state index contributed by atoms with van der Waals surface area (Å²) in [6, 6.07) is 0. The highest BCUT2D eigenvalue weighted by Crippen LogP contribution is 2.30. The van der Waals surface area contributed by atoms with E-state index in [9.17, 15) is 23.3 Å². The van der Waals surface area contributed by atoms with Crippen molar-refractivity contribution in [3.05, 3.63) is 15.9 Å². The maximum atomic E-state index is 12.5. The molecule has 0 aliphatic heterocycles. The Labute approximate surface area is 106 Å². The number of aryl methyl sites for hydroxylation is 1. The molecule has 0 radical (unpaired) electrons. The van der Waals surface area contributed by atoms with Crippen LogP contribution in [0.5, 0.6) is 0 Å². The highest BCUT2D eigenvalue weighted by atomic mass is 19.4. The van der Waals surface area contributed by atoms with Gasteiger partial charge in [0.05, 0.1) is 6.61 Å². The van der Waals surface area contributed by atoms with Gasteiger partial charge in [0, 0.05) is 20.5 Å². The molecular weight excluding hydrogens is 269 g/mol. The first-order valence-electron chi connectivity index (χ1n) is 5.27. The summed E-state index contributed by atoms with van der Waals surface area (Å²) < 4.78 is 38.6. The minimum absolute atomic E-state index is 0.215. The first-order valence-corrected chi connectivity index (χ1v) is 5.27. The SMILES string of the molecule is Cc1nc([N+](=O)[O-])c(N(CCO)CC(F)(F)F)n1C. The summed E-state index contributed by atoms with van der Waals surface area (Å²) in [5.41, 5.74) is 0. The van der Waals surface area contributed by atoms with E-state index in [1.807, 2.05) is 0 Å². The molecule has 0 spiro atoms. The fourth-order valence-corrected chi connectivity index (χ4v) is 1.65. The van der Waals surface area contributed by atoms with Gasteiger partial charge >= 0.3 is 12.0 Å². The molecule has 1 rings (SSSR count). The molecule has 19 heavy (non-hydrogen) atoms. The minimum Gasteiger partial charge on any atom is -0.395 e. The zero-order valence-corrected chi connectivity index (χ0v) is 10.3. The van der Waals surface area contributed by atoms with Crippen molar-refractivity contribution in [2.24, 2.45) is 7.05 Å². The summed E-state index contributed by atoms with van der Waals surface area (Å²) in [6.07, 6.45) is -4.54. The number of aliphatic hydroxyl groups is 1. The van der Waals surface area contributed by atoms with E-state index in [1.165, 1.54) is 18.5 Å². The zero-order valence-electron chi connectivity index (χ0n) is 10.3. The summed E-state index contributed by atoms with van der Waals surface area (Å²) in [7, 11) is 1.38. The lowest BCUT2D eigenvalue weighted by Gasteiger charge is -2.24. The Morgan fingerprint density at radius 3 is 2.53 bits per heavy atom. The predicted molar refractivity (Wildman–Crippen MR) is 60.0 cm³/mol. The van der Waals surface area contributed by atoms with Crippen LogP contribution in [0.1, 0.15) is 5.82 Å². The number of aliphatic hydroxyl groups excluding tert-OH is 1. The average molecular weight is 282 g/mol. The predicted octanol–water partition coefficient (Wildman–Crippen LogP) is 0.998. The Kier molecular flexibility index (Phi) is 4.35. The molecule has 0 atom stereocenters. The van der Waals surface area contributed by atoms with Crippen LogP contribution in [0.15, 0.2) is 0 Å². The first kappa shape index (κ1) is 15.2. The second kappa shape index (κ2) is 5.43. The van der Waals surface area contributed by atoms with Gasteiger partial charge < -0.3 is 20.1 Å². The number of nitro groups is 1. The van der Waals surface area contributed by atoms with Gasteiger partial charge in [-0.15, -0.1) is 0 Å². The average Bonchev–Trinajstić information content (AvgIpc) is 2.53. The van der Waals surface area contributed by atoms with Crippen molar-refractivity contribution in [1.29, 1.82) is 0 Å². The van der Waals surface area contributed by atoms with Gasteiger partial charge in [0.25, 0.3) is 0 Å². The smallest absolute Gasteiger partial charge is 0.395 e. The van der Waals surface area contributed by atoms with Crippen molar-refractivity contribution in [3.8, 4) is 0 Å². The van der Waals surface area contributed by atoms with Crippen LogP contribution in [0, 0.1) is 17.0 Å². The highest BCUT2D eigenvalue weighted by molar-refractivity contribution is 5.56. The Morgan fingerprint density at radius 2 is 2.11 bits per heavy atom. The number of alkyl halides is 3. The highest BCUT2D eigenvalue weighted by Gasteiger charge is 2.36. The van der Waals surface area contributed by atoms with E-state index in [-0.39, 0.29) is 18.2 Å². The number of hydrogen-bond donors (Lipinski definition) is 1. The van der Waals surface area contributed by atoms with E-state index in [4.69, 9.17) is 5.11 Å². The van der Waals surface area contributed by atoms with Crippen LogP contribution in [-0.4, -0.2) is 45.5 Å². The summed E-state index contributed by atoms with van der Waals surface area (Å²) in [5.74, 6) is -0.710. The Bertz CT molecular complexity index is 472. The van der Waals surface area contributed by atoms with Crippen molar-refractivity contribution < 1.29 is 23.2 Å². The lowest BCUT2D eigenvalue weighted by Crippen LogP contribution is -2.37. The molecule has 108 valence electrons. The van der Waals surface area contributed by atoms with Crippen molar-refractivity contribution in [2.75, 3.05) is 24.6 Å². The van der Waals surface area contributed by atoms with Gasteiger partial charge in [0.1, 0.15) is 6.54 Å². The number of hydrogen-bond acceptors (Lipinski definition) is 5. The van der Waals surface area contributed by atoms with Crippen molar-refractivity contribution in [1.82, 2.24) is 9.55 Å². The first-order chi connectivity index (χ1) is 8.67. The number of aromatic nitrogens is 2. The Hall–Kier alpha value is -1.84. The van der Waals surface area contributed by atoms with Crippen molar-refractivity contribution in [3.63, 3.8) is 0 Å². The molecule has 0 saturated carbocycles. The van der Waals surface area contributed by atoms with E-state index >= 15 is 0 Å². The summed E-state index contributed by atoms with van der Waals surface area (Å²) in [5, 5.41) is 19.6. The molecule has 0 amide bonds. The molecule has 0 aromatic carbocycles. The topological polar surface area (TPSA) is 84.4 Å². The molecule has 0 unspecified atom stereocenters. The fraction of sp³-hybridized carbons (Fsp3) is 0.667. The third-order valence-corrected chi connectivity index (χ3v) is 2.48. The van der Waals surface area contributed by atoms with Gasteiger partial charge in [-0.1, -0.05) is 0 Å². The van der Waals surface area contributed by atoms with Crippen LogP contribution < -0.4 is 4.90 Å². The molecule has 0 aliphatic rings. The number of nitrogens with zero attached hydrogens (tertiary/aromatic N) is 4. The van der Waals surface area contributed by atoms with Crippen LogP contribution in [0.2, 0.25) is 0 Å². The summed E-state index contributed by atoms with van der Waals surface area (Å²) >= 11 is 0. The van der Waals surface area contributed by atoms with E-state index in [0.717, 1.165) is 0 Å². The van der Waals surface area contributed by atoms with Gasteiger partial charge in [0.2, 0.25) is 11.6 Å². The van der Waals surface area contributed by atoms with Crippen LogP contribution >= 0.6 is 0 Å². The molecule has 0 fully saturated rings. The third kappa shape index (κ3) is 3.56. The molecule has 0 aliphatic carbocycles. The van der Waals surface area contributed by atoms with E-state index < -0.39 is 30.1 Å². The lowest BCUT2D eigenvalue weighted by molar-refractivity contribution is -0.388. The van der Waals surface area contributed by atoms with Gasteiger partial charge in [-0.25, -0.2) is 0 Å². The standard InChI is InChI=1S/C9H13F3N4O3/c1-6-13-7(16(18)19)8(14(6)2)15(3-4-17)5-9(10,11)12/h17H,3-5H2,1-2H3. The molecule has 1 aromatic rings. The van der Waals surface area contributed by atoms with Crippen molar-refractivity contribution in [2.45, 2.75) is 13.1 Å². The maximum absolute atomic E-state index is 12.5. The van der Waals surface area contributed by atoms with Gasteiger partial charge in [-0.2, -0.15) is 13.2 Å². The monoisotopic (exact) mass is 282 g/mol. The summed E-state index contributed by atoms with van der Waals surface area (Å²) in [4.78, 5) is 14.3. The number of halogens is 3. The molecule has 1 N–H and O–H groups in total. The van der Waals surface area contributed by atoms with Crippen molar-refractivity contribution >= 4 is 11.6 Å². The summed E-state index contributed by atoms with van der Waals surface area (Å²) in [6.45, 7) is -0.884. The molecular formula is C9H13F3N4O3. The Balaban J connectivity index is 3.25. The van der Waals surface area contributed by atoms with E-state index in [0.29, 0.717) is 4.90 Å². The van der Waals surface area contributed by atoms with Crippen LogP contribution in [0.25, 0.3) is 0 Å². The van der Waals surface area contributed by atoms with Gasteiger partial charge in [0.15, 0.2) is 0 Å². The normalized spacial score (nSPS) is 11.7. The second-order valence-electron chi connectivity index (χ2n) is 3.88. The molecule has 0 saturated heterocycles. The molecule has 0 bridgehead atoms. The lowest BCUT2D eigenvalue weighted by atomic mass is 10.4. The van der Waals surface area contributed by atoms with Crippen LogP contribution in [-0.2, 0) is 7.05 Å². The van der Waals surface area contributed by atoms with Gasteiger partial charge in [-0.05, 0) is 9.91 Å².